The maximum atomic E-state index is 4.82. The molecule has 1 heterocycles. The molecule has 90 valence electrons. The van der Waals surface area contributed by atoms with Gasteiger partial charge in [-0.15, -0.1) is 0 Å². The van der Waals surface area contributed by atoms with Crippen LogP contribution in [0.1, 0.15) is 19.3 Å². The van der Waals surface area contributed by atoms with Gasteiger partial charge in [0, 0.05) is 15.9 Å². The van der Waals surface area contributed by atoms with Crippen molar-refractivity contribution < 1.29 is 0 Å². The van der Waals surface area contributed by atoms with Crippen LogP contribution in [0.4, 0.5) is 5.69 Å². The monoisotopic (exact) mass is 310 g/mol. The molecule has 1 fully saturated rings. The predicted octanol–water partition coefficient (Wildman–Crippen LogP) is 4.13. The number of thioether (sulfide) groups is 1. The van der Waals surface area contributed by atoms with Gasteiger partial charge >= 0.3 is 0 Å². The molecule has 3 rings (SSSR count). The molecular weight excluding hydrogens is 296 g/mol. The Labute approximate surface area is 114 Å². The number of benzene rings is 1. The van der Waals surface area contributed by atoms with Crippen molar-refractivity contribution in [3.63, 3.8) is 0 Å². The van der Waals surface area contributed by atoms with Crippen molar-refractivity contribution in [1.29, 1.82) is 0 Å². The van der Waals surface area contributed by atoms with Crippen molar-refractivity contribution >= 4 is 38.5 Å². The third-order valence-corrected chi connectivity index (χ3v) is 4.98. The van der Waals surface area contributed by atoms with E-state index in [1.165, 1.54) is 25.0 Å². The van der Waals surface area contributed by atoms with Gasteiger partial charge in [-0.25, -0.2) is 0 Å². The molecule has 2 nitrogen and oxygen atoms in total. The third kappa shape index (κ3) is 2.68. The molecule has 1 saturated carbocycles. The summed E-state index contributed by atoms with van der Waals surface area (Å²) < 4.78 is 1.10. The van der Waals surface area contributed by atoms with Crippen molar-refractivity contribution in [3.05, 3.63) is 28.7 Å². The smallest absolute Gasteiger partial charge is 0.161 e. The fourth-order valence-electron chi connectivity index (χ4n) is 2.51. The Kier molecular flexibility index (Phi) is 3.43. The predicted molar refractivity (Wildman–Crippen MR) is 78.8 cm³/mol. The van der Waals surface area contributed by atoms with Gasteiger partial charge < -0.3 is 5.32 Å². The maximum Gasteiger partial charge on any atom is 0.161 e. The van der Waals surface area contributed by atoms with E-state index in [9.17, 15) is 0 Å². The summed E-state index contributed by atoms with van der Waals surface area (Å²) in [5.74, 6) is 2.05. The molecule has 2 aliphatic rings. The second-order valence-corrected chi connectivity index (χ2v) is 6.56. The van der Waals surface area contributed by atoms with Gasteiger partial charge in [0.1, 0.15) is 0 Å². The van der Waals surface area contributed by atoms with Crippen LogP contribution in [0, 0.1) is 5.92 Å². The number of nitrogens with zero attached hydrogens (tertiary/aromatic N) is 1. The quantitative estimate of drug-likeness (QED) is 0.843. The molecule has 0 saturated heterocycles. The van der Waals surface area contributed by atoms with Crippen molar-refractivity contribution in [3.8, 4) is 0 Å². The van der Waals surface area contributed by atoms with E-state index in [1.54, 1.807) is 0 Å². The van der Waals surface area contributed by atoms with E-state index >= 15 is 0 Å². The number of halogens is 1. The van der Waals surface area contributed by atoms with Gasteiger partial charge in [0.25, 0.3) is 0 Å². The van der Waals surface area contributed by atoms with E-state index in [2.05, 4.69) is 33.4 Å². The molecule has 0 spiro atoms. The highest BCUT2D eigenvalue weighted by molar-refractivity contribution is 9.10. The number of aliphatic imine (C=N–C) groups is 1. The van der Waals surface area contributed by atoms with Crippen molar-refractivity contribution in [2.24, 2.45) is 10.9 Å². The molecular formula is C13H15BrN2S. The topological polar surface area (TPSA) is 24.4 Å². The van der Waals surface area contributed by atoms with E-state index in [0.29, 0.717) is 6.04 Å². The molecule has 0 amide bonds. The number of rotatable bonds is 1. The minimum atomic E-state index is 0.575. The summed E-state index contributed by atoms with van der Waals surface area (Å²) in [4.78, 5) is 4.82. The highest BCUT2D eigenvalue weighted by atomic mass is 79.9. The minimum absolute atomic E-state index is 0.575. The van der Waals surface area contributed by atoms with Crippen LogP contribution in [-0.4, -0.2) is 17.0 Å². The zero-order valence-corrected chi connectivity index (χ0v) is 11.9. The summed E-state index contributed by atoms with van der Waals surface area (Å²) in [7, 11) is 0. The molecule has 2 atom stereocenters. The van der Waals surface area contributed by atoms with Gasteiger partial charge in [-0.2, -0.15) is 0 Å². The summed E-state index contributed by atoms with van der Waals surface area (Å²) >= 11 is 5.35. The van der Waals surface area contributed by atoms with Crippen LogP contribution in [0.15, 0.2) is 33.7 Å². The fourth-order valence-corrected chi connectivity index (χ4v) is 4.07. The molecule has 4 heteroatoms. The first kappa shape index (κ1) is 11.6. The van der Waals surface area contributed by atoms with Crippen LogP contribution in [0.3, 0.4) is 0 Å². The Bertz CT molecular complexity index is 447. The number of anilines is 1. The van der Waals surface area contributed by atoms with Crippen LogP contribution in [0.2, 0.25) is 0 Å². The Morgan fingerprint density at radius 1 is 1.35 bits per heavy atom. The summed E-state index contributed by atoms with van der Waals surface area (Å²) in [6.45, 7) is 0. The average molecular weight is 311 g/mol. The van der Waals surface area contributed by atoms with Crippen LogP contribution in [0.5, 0.6) is 0 Å². The Balaban J connectivity index is 1.73. The van der Waals surface area contributed by atoms with Gasteiger partial charge in [-0.3, -0.25) is 4.99 Å². The second kappa shape index (κ2) is 5.02. The van der Waals surface area contributed by atoms with E-state index in [1.807, 2.05) is 23.9 Å². The maximum absolute atomic E-state index is 4.82. The van der Waals surface area contributed by atoms with E-state index < -0.39 is 0 Å². The lowest BCUT2D eigenvalue weighted by Crippen LogP contribution is -2.25. The van der Waals surface area contributed by atoms with Crippen LogP contribution < -0.4 is 5.32 Å². The summed E-state index contributed by atoms with van der Waals surface area (Å²) in [5.41, 5.74) is 1.11. The van der Waals surface area contributed by atoms with Crippen molar-refractivity contribution in [1.82, 2.24) is 0 Å². The van der Waals surface area contributed by atoms with Gasteiger partial charge in [0.2, 0.25) is 0 Å². The molecule has 1 aliphatic carbocycles. The molecule has 1 aliphatic heterocycles. The highest BCUT2D eigenvalue weighted by Gasteiger charge is 2.30. The standard InChI is InChI=1S/C13H15BrN2S/c14-10-4-2-5-11(7-10)15-13-16-12-6-1-3-9(12)8-17-13/h2,4-5,7,9,12H,1,3,6,8H2,(H,15,16). The molecule has 2 unspecified atom stereocenters. The van der Waals surface area contributed by atoms with E-state index in [-0.39, 0.29) is 0 Å². The molecule has 1 aromatic rings. The zero-order chi connectivity index (χ0) is 11.7. The van der Waals surface area contributed by atoms with Crippen molar-refractivity contribution in [2.45, 2.75) is 25.3 Å². The number of hydrogen-bond donors (Lipinski definition) is 1. The molecule has 1 N–H and O–H groups in total. The third-order valence-electron chi connectivity index (χ3n) is 3.41. The summed E-state index contributed by atoms with van der Waals surface area (Å²) in [6.07, 6.45) is 3.99. The molecule has 0 aromatic heterocycles. The van der Waals surface area contributed by atoms with Gasteiger partial charge in [0.05, 0.1) is 6.04 Å². The van der Waals surface area contributed by atoms with Crippen molar-refractivity contribution in [2.75, 3.05) is 11.1 Å². The Hall–Kier alpha value is -0.480. The zero-order valence-electron chi connectivity index (χ0n) is 9.53. The van der Waals surface area contributed by atoms with Crippen LogP contribution in [0.25, 0.3) is 0 Å². The largest absolute Gasteiger partial charge is 0.335 e. The second-order valence-electron chi connectivity index (χ2n) is 4.64. The Morgan fingerprint density at radius 2 is 2.29 bits per heavy atom. The fraction of sp³-hybridized carbons (Fsp3) is 0.462. The highest BCUT2D eigenvalue weighted by Crippen LogP contribution is 2.35. The SMILES string of the molecule is Brc1cccc(NC2=NC3CCCC3CS2)c1. The van der Waals surface area contributed by atoms with E-state index in [0.717, 1.165) is 21.2 Å². The van der Waals surface area contributed by atoms with E-state index in [4.69, 9.17) is 4.99 Å². The minimum Gasteiger partial charge on any atom is -0.335 e. The summed E-state index contributed by atoms with van der Waals surface area (Å²) in [6, 6.07) is 8.82. The number of amidine groups is 1. The van der Waals surface area contributed by atoms with Gasteiger partial charge in [-0.1, -0.05) is 40.2 Å². The lowest BCUT2D eigenvalue weighted by Gasteiger charge is -2.23. The number of hydrogen-bond acceptors (Lipinski definition) is 3. The lowest BCUT2D eigenvalue weighted by molar-refractivity contribution is 0.535. The molecule has 17 heavy (non-hydrogen) atoms. The van der Waals surface area contributed by atoms with Gasteiger partial charge in [-0.05, 0) is 37.0 Å². The normalized spacial score (nSPS) is 27.5. The van der Waals surface area contributed by atoms with Crippen LogP contribution >= 0.6 is 27.7 Å². The first-order chi connectivity index (χ1) is 8.31. The summed E-state index contributed by atoms with van der Waals surface area (Å²) in [5, 5.41) is 4.51. The number of fused-ring (bicyclic) bond motifs is 1. The Morgan fingerprint density at radius 3 is 3.18 bits per heavy atom. The van der Waals surface area contributed by atoms with Gasteiger partial charge in [0.15, 0.2) is 5.17 Å². The lowest BCUT2D eigenvalue weighted by atomic mass is 10.1. The molecule has 0 radical (unpaired) electrons. The first-order valence-electron chi connectivity index (χ1n) is 6.04. The molecule has 1 aromatic carbocycles. The number of nitrogens with one attached hydrogen (secondary N) is 1. The molecule has 0 bridgehead atoms. The van der Waals surface area contributed by atoms with Crippen LogP contribution in [-0.2, 0) is 0 Å². The first-order valence-corrected chi connectivity index (χ1v) is 7.82. The average Bonchev–Trinajstić information content (AvgIpc) is 2.76.